The Bertz CT molecular complexity index is 719. The number of hydrogen-bond donors (Lipinski definition) is 1. The number of carbonyl (C=O) groups is 2. The maximum absolute atomic E-state index is 12.7. The van der Waals surface area contributed by atoms with Gasteiger partial charge in [-0.05, 0) is 36.8 Å². The molecule has 0 saturated heterocycles. The molecule has 0 radical (unpaired) electrons. The molecule has 1 aromatic carbocycles. The topological polar surface area (TPSA) is 62.3 Å². The summed E-state index contributed by atoms with van der Waals surface area (Å²) in [6.07, 6.45) is 3.35. The minimum atomic E-state index is -0.415. The number of carbonyl (C=O) groups excluding carboxylic acids is 2. The first-order valence-electron chi connectivity index (χ1n) is 8.42. The van der Waals surface area contributed by atoms with Gasteiger partial charge in [0.15, 0.2) is 0 Å². The van der Waals surface area contributed by atoms with Gasteiger partial charge in [-0.2, -0.15) is 0 Å². The number of pyridine rings is 1. The van der Waals surface area contributed by atoms with Gasteiger partial charge in [0, 0.05) is 42.1 Å². The van der Waals surface area contributed by atoms with Crippen molar-refractivity contribution in [1.29, 1.82) is 0 Å². The molecule has 5 heteroatoms. The molecule has 0 unspecified atom stereocenters. The first-order chi connectivity index (χ1) is 11.8. The van der Waals surface area contributed by atoms with Crippen molar-refractivity contribution < 1.29 is 9.59 Å². The maximum Gasteiger partial charge on any atom is 0.258 e. The van der Waals surface area contributed by atoms with E-state index in [-0.39, 0.29) is 11.8 Å². The molecule has 2 aromatic rings. The molecule has 1 aromatic heterocycles. The molecule has 2 amide bonds. The summed E-state index contributed by atoms with van der Waals surface area (Å²) in [5.74, 6) is -0.0542. The van der Waals surface area contributed by atoms with E-state index in [4.69, 9.17) is 0 Å². The van der Waals surface area contributed by atoms with E-state index in [1.54, 1.807) is 29.4 Å². The number of rotatable bonds is 5. The number of aromatic nitrogens is 1. The van der Waals surface area contributed by atoms with Crippen LogP contribution >= 0.6 is 0 Å². The molecule has 5 nitrogen and oxygen atoms in total. The van der Waals surface area contributed by atoms with Crippen LogP contribution in [0.25, 0.3) is 0 Å². The second kappa shape index (κ2) is 7.92. The van der Waals surface area contributed by atoms with Gasteiger partial charge in [-0.25, -0.2) is 0 Å². The molecule has 1 heterocycles. The molecule has 25 heavy (non-hydrogen) atoms. The quantitative estimate of drug-likeness (QED) is 0.908. The summed E-state index contributed by atoms with van der Waals surface area (Å²) in [6.45, 7) is 8.60. The van der Waals surface area contributed by atoms with E-state index >= 15 is 0 Å². The summed E-state index contributed by atoms with van der Waals surface area (Å²) >= 11 is 0. The number of nitrogens with zero attached hydrogens (tertiary/aromatic N) is 2. The largest absolute Gasteiger partial charge is 0.352 e. The Hall–Kier alpha value is -2.69. The Labute approximate surface area is 149 Å². The van der Waals surface area contributed by atoms with Gasteiger partial charge in [0.25, 0.3) is 5.91 Å². The van der Waals surface area contributed by atoms with Gasteiger partial charge in [-0.15, -0.1) is 0 Å². The molecular formula is C20H25N3O2. The first kappa shape index (κ1) is 18.6. The smallest absolute Gasteiger partial charge is 0.258 e. The predicted octanol–water partition coefficient (Wildman–Crippen LogP) is 3.41. The Morgan fingerprint density at radius 1 is 1.04 bits per heavy atom. The second-order valence-corrected chi connectivity index (χ2v) is 6.88. The van der Waals surface area contributed by atoms with Crippen molar-refractivity contribution in [3.63, 3.8) is 0 Å². The van der Waals surface area contributed by atoms with Gasteiger partial charge in [-0.3, -0.25) is 14.6 Å². The standard InChI is InChI=1S/C20H25N3O2/c1-5-23(17-10-12-21-13-11-17)18(24)16-8-6-15(7-9-16)14-22-19(25)20(2,3)4/h6-13H,5,14H2,1-4H3,(H,22,25). The third-order valence-corrected chi connectivity index (χ3v) is 3.87. The fourth-order valence-electron chi connectivity index (χ4n) is 2.34. The molecule has 0 spiro atoms. The lowest BCUT2D eigenvalue weighted by molar-refractivity contribution is -0.128. The van der Waals surface area contributed by atoms with Gasteiger partial charge >= 0.3 is 0 Å². The highest BCUT2D eigenvalue weighted by atomic mass is 16.2. The number of benzene rings is 1. The van der Waals surface area contributed by atoms with E-state index in [9.17, 15) is 9.59 Å². The second-order valence-electron chi connectivity index (χ2n) is 6.88. The highest BCUT2D eigenvalue weighted by molar-refractivity contribution is 6.06. The third-order valence-electron chi connectivity index (χ3n) is 3.87. The van der Waals surface area contributed by atoms with Gasteiger partial charge in [-0.1, -0.05) is 32.9 Å². The van der Waals surface area contributed by atoms with Crippen LogP contribution in [0.5, 0.6) is 0 Å². The zero-order valence-corrected chi connectivity index (χ0v) is 15.2. The summed E-state index contributed by atoms with van der Waals surface area (Å²) in [4.78, 5) is 30.3. The first-order valence-corrected chi connectivity index (χ1v) is 8.42. The van der Waals surface area contributed by atoms with Crippen LogP contribution in [-0.4, -0.2) is 23.3 Å². The van der Waals surface area contributed by atoms with Crippen LogP contribution in [0.4, 0.5) is 5.69 Å². The van der Waals surface area contributed by atoms with E-state index in [1.807, 2.05) is 52.0 Å². The molecule has 0 aliphatic carbocycles. The van der Waals surface area contributed by atoms with Crippen molar-refractivity contribution in [3.05, 3.63) is 59.9 Å². The van der Waals surface area contributed by atoms with Crippen LogP contribution in [0, 0.1) is 5.41 Å². The van der Waals surface area contributed by atoms with Crippen LogP contribution < -0.4 is 10.2 Å². The fraction of sp³-hybridized carbons (Fsp3) is 0.350. The van der Waals surface area contributed by atoms with Crippen molar-refractivity contribution in [2.45, 2.75) is 34.2 Å². The minimum Gasteiger partial charge on any atom is -0.352 e. The van der Waals surface area contributed by atoms with E-state index < -0.39 is 5.41 Å². The van der Waals surface area contributed by atoms with Gasteiger partial charge < -0.3 is 10.2 Å². The predicted molar refractivity (Wildman–Crippen MR) is 99.3 cm³/mol. The zero-order valence-electron chi connectivity index (χ0n) is 15.2. The van der Waals surface area contributed by atoms with Crippen LogP contribution in [-0.2, 0) is 11.3 Å². The van der Waals surface area contributed by atoms with Gasteiger partial charge in [0.05, 0.1) is 0 Å². The Balaban J connectivity index is 2.06. The van der Waals surface area contributed by atoms with Crippen molar-refractivity contribution in [2.75, 3.05) is 11.4 Å². The maximum atomic E-state index is 12.7. The van der Waals surface area contributed by atoms with Gasteiger partial charge in [0.2, 0.25) is 5.91 Å². The minimum absolute atomic E-state index is 0.00231. The van der Waals surface area contributed by atoms with Crippen molar-refractivity contribution in [2.24, 2.45) is 5.41 Å². The van der Waals surface area contributed by atoms with Gasteiger partial charge in [0.1, 0.15) is 0 Å². The number of nitrogens with one attached hydrogen (secondary N) is 1. The average Bonchev–Trinajstić information content (AvgIpc) is 2.60. The van der Waals surface area contributed by atoms with Crippen LogP contribution in [0.3, 0.4) is 0 Å². The van der Waals surface area contributed by atoms with E-state index in [2.05, 4.69) is 10.3 Å². The summed E-state index contributed by atoms with van der Waals surface area (Å²) in [5.41, 5.74) is 1.98. The molecule has 1 N–H and O–H groups in total. The summed E-state index contributed by atoms with van der Waals surface area (Å²) in [5, 5.41) is 2.91. The third kappa shape index (κ3) is 4.89. The van der Waals surface area contributed by atoms with E-state index in [0.29, 0.717) is 18.7 Å². The number of hydrogen-bond acceptors (Lipinski definition) is 3. The lowest BCUT2D eigenvalue weighted by Crippen LogP contribution is -2.34. The zero-order chi connectivity index (χ0) is 18.4. The Morgan fingerprint density at radius 2 is 1.64 bits per heavy atom. The SMILES string of the molecule is CCN(C(=O)c1ccc(CNC(=O)C(C)(C)C)cc1)c1ccncc1. The molecule has 0 atom stereocenters. The molecule has 0 fully saturated rings. The van der Waals surface area contributed by atoms with Crippen molar-refractivity contribution in [1.82, 2.24) is 10.3 Å². The molecule has 132 valence electrons. The highest BCUT2D eigenvalue weighted by Crippen LogP contribution is 2.17. The molecule has 0 saturated carbocycles. The van der Waals surface area contributed by atoms with Crippen molar-refractivity contribution >= 4 is 17.5 Å². The average molecular weight is 339 g/mol. The lowest BCUT2D eigenvalue weighted by Gasteiger charge is -2.21. The lowest BCUT2D eigenvalue weighted by atomic mass is 9.95. The highest BCUT2D eigenvalue weighted by Gasteiger charge is 2.20. The molecule has 0 bridgehead atoms. The van der Waals surface area contributed by atoms with E-state index in [1.165, 1.54) is 0 Å². The normalized spacial score (nSPS) is 11.0. The monoisotopic (exact) mass is 339 g/mol. The van der Waals surface area contributed by atoms with E-state index in [0.717, 1.165) is 11.3 Å². The fourth-order valence-corrected chi connectivity index (χ4v) is 2.34. The van der Waals surface area contributed by atoms with Crippen LogP contribution in [0.1, 0.15) is 43.6 Å². The summed E-state index contributed by atoms with van der Waals surface area (Å²) in [7, 11) is 0. The molecule has 2 rings (SSSR count). The van der Waals surface area contributed by atoms with Crippen LogP contribution in [0.2, 0.25) is 0 Å². The molecule has 0 aliphatic rings. The summed E-state index contributed by atoms with van der Waals surface area (Å²) < 4.78 is 0. The molecular weight excluding hydrogens is 314 g/mol. The summed E-state index contributed by atoms with van der Waals surface area (Å²) in [6, 6.07) is 11.0. The molecule has 0 aliphatic heterocycles. The van der Waals surface area contributed by atoms with Crippen molar-refractivity contribution in [3.8, 4) is 0 Å². The van der Waals surface area contributed by atoms with Crippen LogP contribution in [0.15, 0.2) is 48.8 Å². The number of amides is 2. The number of anilines is 1. The Morgan fingerprint density at radius 3 is 2.16 bits per heavy atom. The Kier molecular flexibility index (Phi) is 5.91.